The van der Waals surface area contributed by atoms with Gasteiger partial charge in [-0.1, -0.05) is 36.4 Å². The first-order chi connectivity index (χ1) is 12.9. The molecule has 0 aliphatic carbocycles. The second-order valence-electron chi connectivity index (χ2n) is 7.08. The molecule has 1 aromatic heterocycles. The molecule has 0 fully saturated rings. The molecule has 0 saturated carbocycles. The fraction of sp³-hybridized carbons (Fsp3) is 0.250. The third-order valence-electron chi connectivity index (χ3n) is 3.49. The molecule has 27 heavy (non-hydrogen) atoms. The minimum absolute atomic E-state index is 0.486. The average Bonchev–Trinajstić information content (AvgIpc) is 3.01. The molecule has 2 N–H and O–H groups in total. The van der Waals surface area contributed by atoms with Gasteiger partial charge in [-0.05, 0) is 44.5 Å². The van der Waals surface area contributed by atoms with E-state index in [9.17, 15) is 4.79 Å². The monoisotopic (exact) mass is 365 g/mol. The average molecular weight is 365 g/mol. The Kier molecular flexibility index (Phi) is 5.40. The second-order valence-corrected chi connectivity index (χ2v) is 7.08. The summed E-state index contributed by atoms with van der Waals surface area (Å²) in [5.41, 5.74) is 1.99. The summed E-state index contributed by atoms with van der Waals surface area (Å²) in [6.45, 7) is 6.11. The standard InChI is InChI=1S/C20H23N5O2/c1-20(2,3)27-19(26)23-17-11-7-10-16(12-17)22-18-21-14-25(24-18)13-15-8-5-4-6-9-15/h4-12,14H,13H2,1-3H3,(H,22,24)(H,23,26). The zero-order valence-corrected chi connectivity index (χ0v) is 15.6. The predicted molar refractivity (Wildman–Crippen MR) is 105 cm³/mol. The number of ether oxygens (including phenoxy) is 1. The number of anilines is 3. The Bertz CT molecular complexity index is 900. The lowest BCUT2D eigenvalue weighted by atomic mass is 10.2. The molecule has 1 heterocycles. The number of carbonyl (C=O) groups is 1. The number of amides is 1. The van der Waals surface area contributed by atoms with Crippen LogP contribution in [-0.2, 0) is 11.3 Å². The van der Waals surface area contributed by atoms with Crippen molar-refractivity contribution < 1.29 is 9.53 Å². The molecular formula is C20H23N5O2. The largest absolute Gasteiger partial charge is 0.444 e. The number of carbonyl (C=O) groups excluding carboxylic acids is 1. The van der Waals surface area contributed by atoms with Crippen LogP contribution in [-0.4, -0.2) is 26.5 Å². The molecule has 0 radical (unpaired) electrons. The zero-order valence-electron chi connectivity index (χ0n) is 15.6. The fourth-order valence-electron chi connectivity index (χ4n) is 2.42. The van der Waals surface area contributed by atoms with E-state index in [1.165, 1.54) is 0 Å². The van der Waals surface area contributed by atoms with Crippen LogP contribution in [0.5, 0.6) is 0 Å². The maximum Gasteiger partial charge on any atom is 0.412 e. The van der Waals surface area contributed by atoms with Gasteiger partial charge >= 0.3 is 6.09 Å². The van der Waals surface area contributed by atoms with Crippen molar-refractivity contribution in [3.63, 3.8) is 0 Å². The van der Waals surface area contributed by atoms with Crippen LogP contribution in [0.2, 0.25) is 0 Å². The third kappa shape index (κ3) is 5.85. The van der Waals surface area contributed by atoms with Crippen molar-refractivity contribution in [1.29, 1.82) is 0 Å². The van der Waals surface area contributed by atoms with Gasteiger partial charge in [0.15, 0.2) is 0 Å². The molecule has 3 aromatic rings. The van der Waals surface area contributed by atoms with Crippen LogP contribution in [0, 0.1) is 0 Å². The summed E-state index contributed by atoms with van der Waals surface area (Å²) in [6.07, 6.45) is 1.18. The van der Waals surface area contributed by atoms with E-state index in [1.54, 1.807) is 23.1 Å². The molecule has 7 nitrogen and oxygen atoms in total. The smallest absolute Gasteiger partial charge is 0.412 e. The van der Waals surface area contributed by atoms with Gasteiger partial charge in [-0.3, -0.25) is 5.32 Å². The molecule has 0 unspecified atom stereocenters. The number of nitrogens with zero attached hydrogens (tertiary/aromatic N) is 3. The predicted octanol–water partition coefficient (Wildman–Crippen LogP) is 4.42. The Morgan fingerprint density at radius 2 is 1.81 bits per heavy atom. The molecule has 140 valence electrons. The van der Waals surface area contributed by atoms with Crippen molar-refractivity contribution in [2.75, 3.05) is 10.6 Å². The molecule has 0 aliphatic heterocycles. The van der Waals surface area contributed by atoms with Gasteiger partial charge in [-0.25, -0.2) is 14.5 Å². The number of nitrogens with one attached hydrogen (secondary N) is 2. The minimum atomic E-state index is -0.546. The quantitative estimate of drug-likeness (QED) is 0.700. The Hall–Kier alpha value is -3.35. The van der Waals surface area contributed by atoms with E-state index in [1.807, 2.05) is 63.2 Å². The summed E-state index contributed by atoms with van der Waals surface area (Å²) in [5, 5.41) is 10.3. The van der Waals surface area contributed by atoms with Gasteiger partial charge in [0, 0.05) is 11.4 Å². The van der Waals surface area contributed by atoms with Crippen molar-refractivity contribution in [3.8, 4) is 0 Å². The first-order valence-corrected chi connectivity index (χ1v) is 8.68. The summed E-state index contributed by atoms with van der Waals surface area (Å²) in [5.74, 6) is 0.486. The van der Waals surface area contributed by atoms with Crippen LogP contribution in [0.15, 0.2) is 60.9 Å². The summed E-state index contributed by atoms with van der Waals surface area (Å²) < 4.78 is 7.03. The number of hydrogen-bond donors (Lipinski definition) is 2. The zero-order chi connectivity index (χ0) is 19.3. The highest BCUT2D eigenvalue weighted by molar-refractivity contribution is 5.85. The maximum absolute atomic E-state index is 11.9. The van der Waals surface area contributed by atoms with Crippen LogP contribution < -0.4 is 10.6 Å². The number of aromatic nitrogens is 3. The van der Waals surface area contributed by atoms with Gasteiger partial charge in [0.2, 0.25) is 5.95 Å². The molecule has 0 aliphatic rings. The van der Waals surface area contributed by atoms with E-state index < -0.39 is 11.7 Å². The summed E-state index contributed by atoms with van der Waals surface area (Å²) in [7, 11) is 0. The number of rotatable bonds is 5. The van der Waals surface area contributed by atoms with Gasteiger partial charge < -0.3 is 10.1 Å². The number of benzene rings is 2. The normalized spacial score (nSPS) is 11.1. The van der Waals surface area contributed by atoms with Crippen LogP contribution in [0.1, 0.15) is 26.3 Å². The van der Waals surface area contributed by atoms with Crippen molar-refractivity contribution >= 4 is 23.4 Å². The van der Waals surface area contributed by atoms with E-state index in [4.69, 9.17) is 4.74 Å². The number of hydrogen-bond acceptors (Lipinski definition) is 5. The van der Waals surface area contributed by atoms with Crippen molar-refractivity contribution in [1.82, 2.24) is 14.8 Å². The highest BCUT2D eigenvalue weighted by atomic mass is 16.6. The molecule has 0 spiro atoms. The van der Waals surface area contributed by atoms with Crippen molar-refractivity contribution in [2.24, 2.45) is 0 Å². The molecule has 2 aromatic carbocycles. The Labute approximate surface area is 158 Å². The fourth-order valence-corrected chi connectivity index (χ4v) is 2.42. The van der Waals surface area contributed by atoms with Gasteiger partial charge in [-0.2, -0.15) is 0 Å². The van der Waals surface area contributed by atoms with Gasteiger partial charge in [0.05, 0.1) is 6.54 Å². The lowest BCUT2D eigenvalue weighted by Gasteiger charge is -2.19. The topological polar surface area (TPSA) is 81.1 Å². The van der Waals surface area contributed by atoms with Gasteiger partial charge in [0.1, 0.15) is 11.9 Å². The summed E-state index contributed by atoms with van der Waals surface area (Å²) in [4.78, 5) is 16.2. The van der Waals surface area contributed by atoms with E-state index in [0.717, 1.165) is 11.3 Å². The minimum Gasteiger partial charge on any atom is -0.444 e. The van der Waals surface area contributed by atoms with Gasteiger partial charge in [-0.15, -0.1) is 5.10 Å². The molecule has 0 saturated heterocycles. The molecule has 0 bridgehead atoms. The molecule has 0 atom stereocenters. The Morgan fingerprint density at radius 1 is 1.07 bits per heavy atom. The molecular weight excluding hydrogens is 342 g/mol. The summed E-state index contributed by atoms with van der Waals surface area (Å²) in [6, 6.07) is 17.3. The maximum atomic E-state index is 11.9. The SMILES string of the molecule is CC(C)(C)OC(=O)Nc1cccc(Nc2ncn(Cc3ccccc3)n2)c1. The highest BCUT2D eigenvalue weighted by Gasteiger charge is 2.16. The van der Waals surface area contributed by atoms with Gasteiger partial charge in [0.25, 0.3) is 0 Å². The van der Waals surface area contributed by atoms with Crippen LogP contribution in [0.4, 0.5) is 22.1 Å². The highest BCUT2D eigenvalue weighted by Crippen LogP contribution is 2.19. The van der Waals surface area contributed by atoms with Crippen LogP contribution in [0.3, 0.4) is 0 Å². The lowest BCUT2D eigenvalue weighted by molar-refractivity contribution is 0.0636. The Balaban J connectivity index is 1.62. The van der Waals surface area contributed by atoms with Crippen LogP contribution in [0.25, 0.3) is 0 Å². The van der Waals surface area contributed by atoms with E-state index >= 15 is 0 Å². The van der Waals surface area contributed by atoms with Crippen molar-refractivity contribution in [2.45, 2.75) is 32.9 Å². The summed E-state index contributed by atoms with van der Waals surface area (Å²) >= 11 is 0. The molecule has 7 heteroatoms. The molecule has 3 rings (SSSR count). The van der Waals surface area contributed by atoms with E-state index in [2.05, 4.69) is 20.7 Å². The molecule has 1 amide bonds. The van der Waals surface area contributed by atoms with E-state index in [-0.39, 0.29) is 0 Å². The third-order valence-corrected chi connectivity index (χ3v) is 3.49. The second kappa shape index (κ2) is 7.90. The lowest BCUT2D eigenvalue weighted by Crippen LogP contribution is -2.27. The first-order valence-electron chi connectivity index (χ1n) is 8.68. The van der Waals surface area contributed by atoms with Crippen LogP contribution >= 0.6 is 0 Å². The first kappa shape index (κ1) is 18.4. The Morgan fingerprint density at radius 3 is 2.56 bits per heavy atom. The van der Waals surface area contributed by atoms with E-state index in [0.29, 0.717) is 18.2 Å². The van der Waals surface area contributed by atoms with Crippen molar-refractivity contribution in [3.05, 3.63) is 66.5 Å².